The van der Waals surface area contributed by atoms with Crippen molar-refractivity contribution < 1.29 is 9.90 Å². The van der Waals surface area contributed by atoms with Crippen LogP contribution in [0.2, 0.25) is 0 Å². The van der Waals surface area contributed by atoms with E-state index in [-0.39, 0.29) is 11.7 Å². The second-order valence-corrected chi connectivity index (χ2v) is 3.99. The van der Waals surface area contributed by atoms with Crippen molar-refractivity contribution in [2.45, 2.75) is 20.4 Å². The molecule has 0 aliphatic rings. The lowest BCUT2D eigenvalue weighted by Crippen LogP contribution is -2.15. The minimum Gasteiger partial charge on any atom is -0.508 e. The van der Waals surface area contributed by atoms with E-state index in [1.807, 2.05) is 19.9 Å². The maximum Gasteiger partial charge on any atom is 0.256 e. The Hall–Kier alpha value is -2.30. The fourth-order valence-electron chi connectivity index (χ4n) is 1.69. The number of nitrogens with zero attached hydrogens (tertiary/aromatic N) is 2. The van der Waals surface area contributed by atoms with Crippen molar-refractivity contribution in [3.8, 4) is 5.75 Å². The van der Waals surface area contributed by atoms with Crippen LogP contribution in [0.15, 0.2) is 30.3 Å². The summed E-state index contributed by atoms with van der Waals surface area (Å²) in [6.07, 6.45) is 0. The summed E-state index contributed by atoms with van der Waals surface area (Å²) in [5.41, 5.74) is 1.35. The lowest BCUT2D eigenvalue weighted by molar-refractivity contribution is 0.102. The first kappa shape index (κ1) is 12.2. The van der Waals surface area contributed by atoms with Crippen molar-refractivity contribution in [3.63, 3.8) is 0 Å². The van der Waals surface area contributed by atoms with Crippen LogP contribution in [-0.2, 0) is 6.54 Å². The normalized spacial score (nSPS) is 10.3. The number of aryl methyl sites for hydroxylation is 2. The number of hydrogen-bond acceptors (Lipinski definition) is 3. The standard InChI is InChI=1S/C13H15N3O2/c1-3-16-12(8-9(2)15-16)14-13(18)10-4-6-11(17)7-5-10/h4-8,17H,3H2,1-2H3,(H,14,18). The zero-order valence-electron chi connectivity index (χ0n) is 10.3. The third-order valence-electron chi connectivity index (χ3n) is 2.57. The molecule has 2 aromatic rings. The van der Waals surface area contributed by atoms with Gasteiger partial charge in [-0.2, -0.15) is 5.10 Å². The molecule has 0 aliphatic carbocycles. The number of phenolic OH excluding ortho intramolecular Hbond substituents is 1. The number of aromatic nitrogens is 2. The molecule has 1 aromatic heterocycles. The lowest BCUT2D eigenvalue weighted by atomic mass is 10.2. The van der Waals surface area contributed by atoms with Crippen LogP contribution in [0.4, 0.5) is 5.82 Å². The van der Waals surface area contributed by atoms with Gasteiger partial charge in [-0.15, -0.1) is 0 Å². The summed E-state index contributed by atoms with van der Waals surface area (Å²) in [5, 5.41) is 16.2. The number of amides is 1. The highest BCUT2D eigenvalue weighted by molar-refractivity contribution is 6.03. The first-order valence-corrected chi connectivity index (χ1v) is 5.75. The second-order valence-electron chi connectivity index (χ2n) is 3.99. The Morgan fingerprint density at radius 2 is 2.06 bits per heavy atom. The molecule has 1 heterocycles. The maximum atomic E-state index is 12.0. The summed E-state index contributed by atoms with van der Waals surface area (Å²) in [6, 6.07) is 7.94. The van der Waals surface area contributed by atoms with Gasteiger partial charge in [-0.25, -0.2) is 4.68 Å². The van der Waals surface area contributed by atoms with Crippen LogP contribution in [0.3, 0.4) is 0 Å². The van der Waals surface area contributed by atoms with Gasteiger partial charge in [0.15, 0.2) is 0 Å². The average Bonchev–Trinajstić information content (AvgIpc) is 2.70. The number of aromatic hydroxyl groups is 1. The van der Waals surface area contributed by atoms with Gasteiger partial charge >= 0.3 is 0 Å². The number of nitrogens with one attached hydrogen (secondary N) is 1. The molecule has 0 saturated heterocycles. The van der Waals surface area contributed by atoms with Gasteiger partial charge in [0.05, 0.1) is 5.69 Å². The van der Waals surface area contributed by atoms with Gasteiger partial charge in [-0.05, 0) is 38.1 Å². The monoisotopic (exact) mass is 245 g/mol. The van der Waals surface area contributed by atoms with Gasteiger partial charge in [0.2, 0.25) is 0 Å². The first-order valence-electron chi connectivity index (χ1n) is 5.75. The fourth-order valence-corrected chi connectivity index (χ4v) is 1.69. The van der Waals surface area contributed by atoms with Crippen molar-refractivity contribution in [2.75, 3.05) is 5.32 Å². The Morgan fingerprint density at radius 1 is 1.39 bits per heavy atom. The summed E-state index contributed by atoms with van der Waals surface area (Å²) in [6.45, 7) is 4.53. The Bertz CT molecular complexity index is 558. The third kappa shape index (κ3) is 2.51. The quantitative estimate of drug-likeness (QED) is 0.870. The lowest BCUT2D eigenvalue weighted by Gasteiger charge is -2.06. The van der Waals surface area contributed by atoms with Crippen LogP contribution < -0.4 is 5.32 Å². The van der Waals surface area contributed by atoms with Gasteiger partial charge in [0.25, 0.3) is 5.91 Å². The predicted molar refractivity (Wildman–Crippen MR) is 68.7 cm³/mol. The Kier molecular flexibility index (Phi) is 3.32. The topological polar surface area (TPSA) is 67.2 Å². The van der Waals surface area contributed by atoms with Crippen LogP contribution in [0.25, 0.3) is 0 Å². The minimum absolute atomic E-state index is 0.140. The molecule has 0 spiro atoms. The molecule has 1 amide bonds. The molecule has 18 heavy (non-hydrogen) atoms. The number of rotatable bonds is 3. The molecule has 5 nitrogen and oxygen atoms in total. The fraction of sp³-hybridized carbons (Fsp3) is 0.231. The third-order valence-corrected chi connectivity index (χ3v) is 2.57. The highest BCUT2D eigenvalue weighted by atomic mass is 16.3. The SMILES string of the molecule is CCn1nc(C)cc1NC(=O)c1ccc(O)cc1. The molecular weight excluding hydrogens is 230 g/mol. The summed E-state index contributed by atoms with van der Waals surface area (Å²) in [7, 11) is 0. The number of carbonyl (C=O) groups is 1. The average molecular weight is 245 g/mol. The van der Waals surface area contributed by atoms with Gasteiger partial charge < -0.3 is 10.4 Å². The van der Waals surface area contributed by atoms with Crippen LogP contribution in [0.1, 0.15) is 23.0 Å². The highest BCUT2D eigenvalue weighted by Crippen LogP contribution is 2.14. The molecule has 0 fully saturated rings. The Balaban J connectivity index is 2.18. The Morgan fingerprint density at radius 3 is 2.67 bits per heavy atom. The van der Waals surface area contributed by atoms with Crippen molar-refractivity contribution >= 4 is 11.7 Å². The number of phenols is 1. The summed E-state index contributed by atoms with van der Waals surface area (Å²) in [4.78, 5) is 12.0. The molecule has 94 valence electrons. The van der Waals surface area contributed by atoms with Crippen molar-refractivity contribution in [3.05, 3.63) is 41.6 Å². The van der Waals surface area contributed by atoms with E-state index >= 15 is 0 Å². The number of carbonyl (C=O) groups excluding carboxylic acids is 1. The molecule has 0 unspecified atom stereocenters. The molecular formula is C13H15N3O2. The van der Waals surface area contributed by atoms with Crippen LogP contribution in [0.5, 0.6) is 5.75 Å². The zero-order chi connectivity index (χ0) is 13.1. The van der Waals surface area contributed by atoms with E-state index in [1.165, 1.54) is 12.1 Å². The maximum absolute atomic E-state index is 12.0. The molecule has 0 saturated carbocycles. The molecule has 2 rings (SSSR count). The minimum atomic E-state index is -0.218. The molecule has 0 radical (unpaired) electrons. The van der Waals surface area contributed by atoms with Gasteiger partial charge in [-0.3, -0.25) is 4.79 Å². The molecule has 0 atom stereocenters. The number of hydrogen-bond donors (Lipinski definition) is 2. The van der Waals surface area contributed by atoms with Gasteiger partial charge in [0.1, 0.15) is 11.6 Å². The van der Waals surface area contributed by atoms with Crippen molar-refractivity contribution in [2.24, 2.45) is 0 Å². The molecule has 0 bridgehead atoms. The van der Waals surface area contributed by atoms with E-state index in [0.717, 1.165) is 5.69 Å². The van der Waals surface area contributed by atoms with E-state index in [1.54, 1.807) is 16.8 Å². The molecule has 1 aromatic carbocycles. The first-order chi connectivity index (χ1) is 8.60. The molecule has 2 N–H and O–H groups in total. The zero-order valence-corrected chi connectivity index (χ0v) is 10.3. The van der Waals surface area contributed by atoms with Crippen LogP contribution in [0, 0.1) is 6.92 Å². The summed E-state index contributed by atoms with van der Waals surface area (Å²) >= 11 is 0. The highest BCUT2D eigenvalue weighted by Gasteiger charge is 2.10. The summed E-state index contributed by atoms with van der Waals surface area (Å²) < 4.78 is 1.73. The van der Waals surface area contributed by atoms with Gasteiger partial charge in [0, 0.05) is 18.2 Å². The predicted octanol–water partition coefficient (Wildman–Crippen LogP) is 2.17. The van der Waals surface area contributed by atoms with E-state index in [0.29, 0.717) is 17.9 Å². The van der Waals surface area contributed by atoms with E-state index in [9.17, 15) is 4.79 Å². The van der Waals surface area contributed by atoms with E-state index in [2.05, 4.69) is 10.4 Å². The van der Waals surface area contributed by atoms with Crippen LogP contribution >= 0.6 is 0 Å². The van der Waals surface area contributed by atoms with Crippen molar-refractivity contribution in [1.82, 2.24) is 9.78 Å². The Labute approximate surface area is 105 Å². The smallest absolute Gasteiger partial charge is 0.256 e. The number of anilines is 1. The largest absolute Gasteiger partial charge is 0.508 e. The van der Waals surface area contributed by atoms with E-state index < -0.39 is 0 Å². The van der Waals surface area contributed by atoms with E-state index in [4.69, 9.17) is 5.11 Å². The molecule has 5 heteroatoms. The summed E-state index contributed by atoms with van der Waals surface area (Å²) in [5.74, 6) is 0.596. The van der Waals surface area contributed by atoms with Crippen molar-refractivity contribution in [1.29, 1.82) is 0 Å². The second kappa shape index (κ2) is 4.91. The van der Waals surface area contributed by atoms with Crippen LogP contribution in [-0.4, -0.2) is 20.8 Å². The molecule has 0 aliphatic heterocycles. The van der Waals surface area contributed by atoms with Gasteiger partial charge in [-0.1, -0.05) is 0 Å². The number of benzene rings is 1.